The van der Waals surface area contributed by atoms with Crippen LogP contribution in [0.25, 0.3) is 0 Å². The van der Waals surface area contributed by atoms with Crippen LogP contribution < -0.4 is 0 Å². The van der Waals surface area contributed by atoms with Crippen molar-refractivity contribution in [2.24, 2.45) is 0 Å². The number of ether oxygens (including phenoxy) is 3. The number of aromatic nitrogens is 1. The predicted molar refractivity (Wildman–Crippen MR) is 123 cm³/mol. The van der Waals surface area contributed by atoms with Crippen LogP contribution in [0, 0.1) is 0 Å². The minimum atomic E-state index is -1.04. The van der Waals surface area contributed by atoms with Gasteiger partial charge in [-0.15, -0.1) is 11.6 Å². The number of hydrogen-bond acceptors (Lipinski definition) is 5. The number of aryl methyl sites for hydroxylation is 1. The zero-order valence-electron chi connectivity index (χ0n) is 19.6. The maximum atomic E-state index is 12.4. The molecule has 7 heteroatoms. The van der Waals surface area contributed by atoms with Gasteiger partial charge in [0.2, 0.25) is 6.29 Å². The molecule has 0 aliphatic carbocycles. The standard InChI is InChI=1S/C24H40ClNO5/c1-5-6-7-8-9-10-11-12-14-21(25)16-18-26-17-13-15-22(26)23(27)30-20(4)31-24(28)29-19(2)3/h13,15,17,19-21H,5-12,14,16,18H2,1-4H3. The molecule has 1 aromatic heterocycles. The molecule has 0 aromatic carbocycles. The van der Waals surface area contributed by atoms with Gasteiger partial charge in [-0.25, -0.2) is 9.59 Å². The van der Waals surface area contributed by atoms with Crippen LogP contribution >= 0.6 is 11.6 Å². The molecule has 0 amide bonds. The quantitative estimate of drug-likeness (QED) is 0.115. The van der Waals surface area contributed by atoms with E-state index in [1.165, 1.54) is 51.9 Å². The van der Waals surface area contributed by atoms with Crippen LogP contribution in [0.5, 0.6) is 0 Å². The Kier molecular flexibility index (Phi) is 14.1. The minimum absolute atomic E-state index is 0.0828. The molecule has 0 fully saturated rings. The van der Waals surface area contributed by atoms with Crippen molar-refractivity contribution in [1.29, 1.82) is 0 Å². The van der Waals surface area contributed by atoms with Crippen LogP contribution in [0.2, 0.25) is 0 Å². The zero-order chi connectivity index (χ0) is 23.1. The van der Waals surface area contributed by atoms with Crippen molar-refractivity contribution in [3.05, 3.63) is 24.0 Å². The van der Waals surface area contributed by atoms with Crippen LogP contribution in [-0.4, -0.2) is 34.5 Å². The Hall–Kier alpha value is -1.69. The van der Waals surface area contributed by atoms with E-state index in [0.717, 1.165) is 19.3 Å². The number of unbranched alkanes of at least 4 members (excludes halogenated alkanes) is 7. The summed E-state index contributed by atoms with van der Waals surface area (Å²) in [5.41, 5.74) is 0.406. The molecule has 1 aromatic rings. The average molecular weight is 458 g/mol. The van der Waals surface area contributed by atoms with E-state index in [1.807, 2.05) is 10.8 Å². The van der Waals surface area contributed by atoms with E-state index in [0.29, 0.717) is 12.2 Å². The molecule has 31 heavy (non-hydrogen) atoms. The highest BCUT2D eigenvalue weighted by Crippen LogP contribution is 2.17. The molecule has 6 nitrogen and oxygen atoms in total. The maximum Gasteiger partial charge on any atom is 0.511 e. The molecule has 0 N–H and O–H groups in total. The number of nitrogens with zero attached hydrogens (tertiary/aromatic N) is 1. The summed E-state index contributed by atoms with van der Waals surface area (Å²) in [4.78, 5) is 23.9. The van der Waals surface area contributed by atoms with Gasteiger partial charge in [0, 0.05) is 25.0 Å². The summed E-state index contributed by atoms with van der Waals surface area (Å²) >= 11 is 6.49. The van der Waals surface area contributed by atoms with Crippen LogP contribution in [-0.2, 0) is 20.8 Å². The normalized spacial score (nSPS) is 13.1. The maximum absolute atomic E-state index is 12.4. The molecular formula is C24H40ClNO5. The molecule has 0 aliphatic heterocycles. The zero-order valence-corrected chi connectivity index (χ0v) is 20.4. The van der Waals surface area contributed by atoms with Gasteiger partial charge in [-0.3, -0.25) is 0 Å². The SMILES string of the molecule is CCCCCCCCCCC(Cl)CCn1cccc1C(=O)OC(C)OC(=O)OC(C)C. The van der Waals surface area contributed by atoms with Gasteiger partial charge in [0.05, 0.1) is 6.10 Å². The van der Waals surface area contributed by atoms with Crippen LogP contribution in [0.4, 0.5) is 4.79 Å². The largest absolute Gasteiger partial charge is 0.511 e. The smallest absolute Gasteiger partial charge is 0.431 e. The second-order valence-electron chi connectivity index (χ2n) is 8.24. The second-order valence-corrected chi connectivity index (χ2v) is 8.86. The summed E-state index contributed by atoms with van der Waals surface area (Å²) in [5, 5.41) is 0.0828. The molecule has 0 saturated carbocycles. The van der Waals surface area contributed by atoms with E-state index in [1.54, 1.807) is 26.0 Å². The summed E-state index contributed by atoms with van der Waals surface area (Å²) in [6.45, 7) is 7.77. The molecule has 0 bridgehead atoms. The number of rotatable bonds is 16. The molecule has 0 aliphatic rings. The van der Waals surface area contributed by atoms with Gasteiger partial charge in [0.15, 0.2) is 0 Å². The Bertz CT molecular complexity index is 631. The topological polar surface area (TPSA) is 66.8 Å². The van der Waals surface area contributed by atoms with Crippen molar-refractivity contribution in [1.82, 2.24) is 4.57 Å². The monoisotopic (exact) mass is 457 g/mol. The fourth-order valence-electron chi connectivity index (χ4n) is 3.31. The third-order valence-electron chi connectivity index (χ3n) is 4.96. The summed E-state index contributed by atoms with van der Waals surface area (Å²) in [6.07, 6.45) is 11.7. The first-order valence-electron chi connectivity index (χ1n) is 11.7. The second kappa shape index (κ2) is 16.0. The summed E-state index contributed by atoms with van der Waals surface area (Å²) in [6, 6.07) is 3.47. The van der Waals surface area contributed by atoms with Gasteiger partial charge >= 0.3 is 12.1 Å². The van der Waals surface area contributed by atoms with Gasteiger partial charge in [0.25, 0.3) is 0 Å². The van der Waals surface area contributed by atoms with Crippen molar-refractivity contribution in [2.75, 3.05) is 0 Å². The summed E-state index contributed by atoms with van der Waals surface area (Å²) < 4.78 is 16.8. The highest BCUT2D eigenvalue weighted by molar-refractivity contribution is 6.20. The first kappa shape index (κ1) is 27.3. The fourth-order valence-corrected chi connectivity index (χ4v) is 3.56. The molecule has 1 heterocycles. The number of alkyl halides is 1. The van der Waals surface area contributed by atoms with Gasteiger partial charge in [0.1, 0.15) is 5.69 Å². The van der Waals surface area contributed by atoms with Crippen molar-refractivity contribution < 1.29 is 23.8 Å². The first-order valence-corrected chi connectivity index (χ1v) is 12.1. The van der Waals surface area contributed by atoms with Crippen LogP contribution in [0.3, 0.4) is 0 Å². The van der Waals surface area contributed by atoms with Gasteiger partial charge < -0.3 is 18.8 Å². The predicted octanol–water partition coefficient (Wildman–Crippen LogP) is 7.08. The average Bonchev–Trinajstić information content (AvgIpc) is 3.16. The van der Waals surface area contributed by atoms with Crippen molar-refractivity contribution in [3.8, 4) is 0 Å². The Balaban J connectivity index is 2.29. The Morgan fingerprint density at radius 2 is 1.58 bits per heavy atom. The van der Waals surface area contributed by atoms with Crippen LogP contribution in [0.15, 0.2) is 18.3 Å². The van der Waals surface area contributed by atoms with Crippen molar-refractivity contribution >= 4 is 23.7 Å². The van der Waals surface area contributed by atoms with Crippen LogP contribution in [0.1, 0.15) is 102 Å². The Morgan fingerprint density at radius 1 is 0.935 bits per heavy atom. The third-order valence-corrected chi connectivity index (χ3v) is 5.40. The molecule has 1 rings (SSSR count). The minimum Gasteiger partial charge on any atom is -0.431 e. The number of carbonyl (C=O) groups is 2. The van der Waals surface area contributed by atoms with E-state index in [-0.39, 0.29) is 11.5 Å². The van der Waals surface area contributed by atoms with E-state index in [9.17, 15) is 9.59 Å². The van der Waals surface area contributed by atoms with Gasteiger partial charge in [-0.2, -0.15) is 0 Å². The first-order chi connectivity index (χ1) is 14.8. The number of hydrogen-bond donors (Lipinski definition) is 0. The summed E-state index contributed by atoms with van der Waals surface area (Å²) in [5.74, 6) is -0.552. The summed E-state index contributed by atoms with van der Waals surface area (Å²) in [7, 11) is 0. The van der Waals surface area contributed by atoms with Crippen molar-refractivity contribution in [3.63, 3.8) is 0 Å². The molecule has 178 valence electrons. The lowest BCUT2D eigenvalue weighted by Crippen LogP contribution is -2.25. The molecule has 0 radical (unpaired) electrons. The van der Waals surface area contributed by atoms with Gasteiger partial charge in [-0.05, 0) is 38.8 Å². The number of halogens is 1. The van der Waals surface area contributed by atoms with Gasteiger partial charge in [-0.1, -0.05) is 58.3 Å². The lowest BCUT2D eigenvalue weighted by atomic mass is 10.1. The van der Waals surface area contributed by atoms with E-state index >= 15 is 0 Å². The lowest BCUT2D eigenvalue weighted by Gasteiger charge is -2.16. The Morgan fingerprint density at radius 3 is 2.23 bits per heavy atom. The highest BCUT2D eigenvalue weighted by atomic mass is 35.5. The third kappa shape index (κ3) is 12.7. The molecule has 0 saturated heterocycles. The highest BCUT2D eigenvalue weighted by Gasteiger charge is 2.20. The molecule has 0 spiro atoms. The number of carbonyl (C=O) groups excluding carboxylic acids is 2. The molecular weight excluding hydrogens is 418 g/mol. The van der Waals surface area contributed by atoms with Crippen molar-refractivity contribution in [2.45, 2.75) is 116 Å². The van der Waals surface area contributed by atoms with E-state index in [4.69, 9.17) is 25.8 Å². The molecule has 2 atom stereocenters. The fraction of sp³-hybridized carbons (Fsp3) is 0.750. The number of esters is 1. The lowest BCUT2D eigenvalue weighted by molar-refractivity contribution is -0.0870. The van der Waals surface area contributed by atoms with E-state index in [2.05, 4.69) is 6.92 Å². The molecule has 2 unspecified atom stereocenters. The Labute approximate surface area is 192 Å². The van der Waals surface area contributed by atoms with E-state index < -0.39 is 18.4 Å².